The summed E-state index contributed by atoms with van der Waals surface area (Å²) in [5.74, 6) is 0. The highest BCUT2D eigenvalue weighted by atomic mass is 32.1. The molecule has 130 valence electrons. The van der Waals surface area contributed by atoms with Crippen LogP contribution in [0.15, 0.2) is 41.8 Å². The molecule has 5 nitrogen and oxygen atoms in total. The highest BCUT2D eigenvalue weighted by molar-refractivity contribution is 7.22. The number of nitrogens with zero attached hydrogens (tertiary/aromatic N) is 4. The van der Waals surface area contributed by atoms with E-state index in [0.29, 0.717) is 0 Å². The molecule has 0 amide bonds. The van der Waals surface area contributed by atoms with Gasteiger partial charge in [-0.1, -0.05) is 29.5 Å². The SMILES string of the molecule is CN1CCN(Cc2ccc(Nc3nnc(-c4cccs4)s3)cc2)CC1. The van der Waals surface area contributed by atoms with Crippen molar-refractivity contribution in [3.05, 3.63) is 47.3 Å². The van der Waals surface area contributed by atoms with Crippen LogP contribution in [-0.4, -0.2) is 53.2 Å². The summed E-state index contributed by atoms with van der Waals surface area (Å²) in [7, 11) is 2.19. The van der Waals surface area contributed by atoms with E-state index in [1.807, 2.05) is 6.07 Å². The fraction of sp³-hybridized carbons (Fsp3) is 0.333. The van der Waals surface area contributed by atoms with Crippen LogP contribution in [0.2, 0.25) is 0 Å². The summed E-state index contributed by atoms with van der Waals surface area (Å²) >= 11 is 3.27. The first-order chi connectivity index (χ1) is 12.3. The minimum absolute atomic E-state index is 0.829. The van der Waals surface area contributed by atoms with Crippen molar-refractivity contribution < 1.29 is 0 Å². The highest BCUT2D eigenvalue weighted by Crippen LogP contribution is 2.31. The van der Waals surface area contributed by atoms with Gasteiger partial charge in [0.15, 0.2) is 5.01 Å². The fourth-order valence-corrected chi connectivity index (χ4v) is 4.41. The average molecular weight is 372 g/mol. The van der Waals surface area contributed by atoms with Gasteiger partial charge in [0.1, 0.15) is 0 Å². The summed E-state index contributed by atoms with van der Waals surface area (Å²) in [5, 5.41) is 15.7. The van der Waals surface area contributed by atoms with Crippen molar-refractivity contribution in [1.82, 2.24) is 20.0 Å². The predicted octanol–water partition coefficient (Wildman–Crippen LogP) is 3.76. The summed E-state index contributed by atoms with van der Waals surface area (Å²) in [6.07, 6.45) is 0. The van der Waals surface area contributed by atoms with Crippen LogP contribution in [0, 0.1) is 0 Å². The average Bonchev–Trinajstić information content (AvgIpc) is 3.30. The molecule has 3 aromatic rings. The number of hydrogen-bond donors (Lipinski definition) is 1. The number of anilines is 2. The summed E-state index contributed by atoms with van der Waals surface area (Å²) < 4.78 is 0. The predicted molar refractivity (Wildman–Crippen MR) is 106 cm³/mol. The first-order valence-electron chi connectivity index (χ1n) is 8.40. The van der Waals surface area contributed by atoms with Gasteiger partial charge in [-0.15, -0.1) is 21.5 Å². The molecule has 1 aromatic carbocycles. The van der Waals surface area contributed by atoms with Crippen molar-refractivity contribution in [2.24, 2.45) is 0 Å². The molecule has 3 heterocycles. The quantitative estimate of drug-likeness (QED) is 0.740. The topological polar surface area (TPSA) is 44.3 Å². The van der Waals surface area contributed by atoms with E-state index in [9.17, 15) is 0 Å². The summed E-state index contributed by atoms with van der Waals surface area (Å²) in [4.78, 5) is 6.06. The van der Waals surface area contributed by atoms with Crippen molar-refractivity contribution in [2.75, 3.05) is 38.5 Å². The molecular formula is C18H21N5S2. The van der Waals surface area contributed by atoms with E-state index in [-0.39, 0.29) is 0 Å². The second-order valence-corrected chi connectivity index (χ2v) is 8.22. The number of hydrogen-bond acceptors (Lipinski definition) is 7. The Morgan fingerprint density at radius 3 is 2.56 bits per heavy atom. The van der Waals surface area contributed by atoms with E-state index in [2.05, 4.69) is 68.1 Å². The third kappa shape index (κ3) is 4.24. The Bertz CT molecular complexity index is 789. The van der Waals surface area contributed by atoms with Gasteiger partial charge in [-0.2, -0.15) is 0 Å². The number of piperazine rings is 1. The van der Waals surface area contributed by atoms with E-state index in [0.717, 1.165) is 53.4 Å². The Morgan fingerprint density at radius 1 is 1.04 bits per heavy atom. The minimum Gasteiger partial charge on any atom is -0.330 e. The molecule has 0 atom stereocenters. The number of likely N-dealkylation sites (N-methyl/N-ethyl adjacent to an activating group) is 1. The standard InChI is InChI=1S/C18H21N5S2/c1-22-8-10-23(11-9-22)13-14-4-6-15(7-5-14)19-18-21-20-17(25-18)16-3-2-12-24-16/h2-7,12H,8-11,13H2,1H3,(H,19,21). The summed E-state index contributed by atoms with van der Waals surface area (Å²) in [5.41, 5.74) is 2.41. The van der Waals surface area contributed by atoms with Crippen molar-refractivity contribution in [3.63, 3.8) is 0 Å². The lowest BCUT2D eigenvalue weighted by molar-refractivity contribution is 0.148. The number of rotatable bonds is 5. The van der Waals surface area contributed by atoms with E-state index in [1.165, 1.54) is 5.56 Å². The summed E-state index contributed by atoms with van der Waals surface area (Å²) in [6, 6.07) is 12.7. The van der Waals surface area contributed by atoms with Crippen LogP contribution < -0.4 is 5.32 Å². The molecule has 0 aliphatic carbocycles. The third-order valence-electron chi connectivity index (χ3n) is 4.36. The zero-order valence-corrected chi connectivity index (χ0v) is 15.8. The molecule has 2 aromatic heterocycles. The molecular weight excluding hydrogens is 350 g/mol. The Hall–Kier alpha value is -1.80. The van der Waals surface area contributed by atoms with Crippen LogP contribution in [0.4, 0.5) is 10.8 Å². The largest absolute Gasteiger partial charge is 0.330 e. The summed E-state index contributed by atoms with van der Waals surface area (Å²) in [6.45, 7) is 5.63. The van der Waals surface area contributed by atoms with Gasteiger partial charge in [-0.25, -0.2) is 0 Å². The molecule has 0 spiro atoms. The zero-order valence-electron chi connectivity index (χ0n) is 14.2. The Morgan fingerprint density at radius 2 is 1.84 bits per heavy atom. The zero-order chi connectivity index (χ0) is 17.1. The lowest BCUT2D eigenvalue weighted by Gasteiger charge is -2.32. The third-order valence-corrected chi connectivity index (χ3v) is 6.24. The van der Waals surface area contributed by atoms with Crippen LogP contribution in [0.5, 0.6) is 0 Å². The Balaban J connectivity index is 1.36. The Kier molecular flexibility index (Phi) is 5.07. The van der Waals surface area contributed by atoms with Crippen molar-refractivity contribution in [1.29, 1.82) is 0 Å². The van der Waals surface area contributed by atoms with Gasteiger partial charge in [0, 0.05) is 38.4 Å². The molecule has 0 saturated carbocycles. The number of aromatic nitrogens is 2. The van der Waals surface area contributed by atoms with Gasteiger partial charge in [-0.05, 0) is 36.2 Å². The van der Waals surface area contributed by atoms with E-state index in [1.54, 1.807) is 22.7 Å². The van der Waals surface area contributed by atoms with Gasteiger partial charge in [0.25, 0.3) is 0 Å². The fourth-order valence-electron chi connectivity index (χ4n) is 2.85. The molecule has 1 fully saturated rings. The molecule has 0 unspecified atom stereocenters. The molecule has 4 rings (SSSR count). The molecule has 1 aliphatic heterocycles. The van der Waals surface area contributed by atoms with Gasteiger partial charge in [-0.3, -0.25) is 4.90 Å². The van der Waals surface area contributed by atoms with Gasteiger partial charge in [0.05, 0.1) is 4.88 Å². The van der Waals surface area contributed by atoms with Crippen LogP contribution >= 0.6 is 22.7 Å². The number of nitrogens with one attached hydrogen (secondary N) is 1. The number of thiophene rings is 1. The van der Waals surface area contributed by atoms with Crippen LogP contribution in [-0.2, 0) is 6.54 Å². The highest BCUT2D eigenvalue weighted by Gasteiger charge is 2.13. The van der Waals surface area contributed by atoms with Gasteiger partial charge >= 0.3 is 0 Å². The lowest BCUT2D eigenvalue weighted by atomic mass is 10.2. The number of benzene rings is 1. The maximum atomic E-state index is 4.26. The van der Waals surface area contributed by atoms with Crippen LogP contribution in [0.1, 0.15) is 5.56 Å². The van der Waals surface area contributed by atoms with E-state index >= 15 is 0 Å². The second-order valence-electron chi connectivity index (χ2n) is 6.29. The first kappa shape index (κ1) is 16.7. The first-order valence-corrected chi connectivity index (χ1v) is 10.1. The van der Waals surface area contributed by atoms with E-state index in [4.69, 9.17) is 0 Å². The minimum atomic E-state index is 0.829. The van der Waals surface area contributed by atoms with Crippen molar-refractivity contribution in [3.8, 4) is 9.88 Å². The normalized spacial score (nSPS) is 16.2. The van der Waals surface area contributed by atoms with Crippen molar-refractivity contribution >= 4 is 33.5 Å². The molecule has 0 radical (unpaired) electrons. The van der Waals surface area contributed by atoms with Crippen LogP contribution in [0.25, 0.3) is 9.88 Å². The molecule has 1 N–H and O–H groups in total. The molecule has 1 aliphatic rings. The maximum Gasteiger partial charge on any atom is 0.210 e. The maximum absolute atomic E-state index is 4.26. The Labute approximate surface area is 155 Å². The molecule has 7 heteroatoms. The lowest BCUT2D eigenvalue weighted by Crippen LogP contribution is -2.43. The second kappa shape index (κ2) is 7.61. The van der Waals surface area contributed by atoms with E-state index < -0.39 is 0 Å². The van der Waals surface area contributed by atoms with Gasteiger partial charge < -0.3 is 10.2 Å². The molecule has 25 heavy (non-hydrogen) atoms. The van der Waals surface area contributed by atoms with Gasteiger partial charge in [0.2, 0.25) is 5.13 Å². The monoisotopic (exact) mass is 371 g/mol. The smallest absolute Gasteiger partial charge is 0.210 e. The molecule has 0 bridgehead atoms. The van der Waals surface area contributed by atoms with Crippen LogP contribution in [0.3, 0.4) is 0 Å². The van der Waals surface area contributed by atoms with Crippen molar-refractivity contribution in [2.45, 2.75) is 6.54 Å². The molecule has 1 saturated heterocycles.